The lowest BCUT2D eigenvalue weighted by atomic mass is 10.2. The maximum absolute atomic E-state index is 10.7. The number of pyridine rings is 1. The summed E-state index contributed by atoms with van der Waals surface area (Å²) in [5, 5.41) is 1.35. The van der Waals surface area contributed by atoms with E-state index in [1.165, 1.54) is 0 Å². The van der Waals surface area contributed by atoms with E-state index in [0.29, 0.717) is 10.0 Å². The Morgan fingerprint density at radius 1 is 0.811 bits per heavy atom. The van der Waals surface area contributed by atoms with Crippen LogP contribution in [0.25, 0.3) is 0 Å². The Bertz CT molecular complexity index is 1340. The van der Waals surface area contributed by atoms with Gasteiger partial charge in [0.15, 0.2) is 10.1 Å². The summed E-state index contributed by atoms with van der Waals surface area (Å²) in [5.74, 6) is 13.7. The molecule has 3 rings (SSSR count). The fraction of sp³-hybridized carbons (Fsp3) is 0.160. The lowest BCUT2D eigenvalue weighted by Crippen LogP contribution is -2.36. The predicted octanol–water partition coefficient (Wildman–Crippen LogP) is 4.73. The monoisotopic (exact) mass is 571 g/mol. The summed E-state index contributed by atoms with van der Waals surface area (Å²) in [5.41, 5.74) is -3.96. The minimum absolute atomic E-state index is 0.284. The van der Waals surface area contributed by atoms with Crippen molar-refractivity contribution in [2.45, 2.75) is 5.51 Å². The molecule has 0 bridgehead atoms. The predicted molar refractivity (Wildman–Crippen MR) is 131 cm³/mol. The molecule has 12 heteroatoms. The molecule has 0 saturated heterocycles. The molecule has 194 valence electrons. The van der Waals surface area contributed by atoms with Gasteiger partial charge in [-0.15, -0.1) is 0 Å². The summed E-state index contributed by atoms with van der Waals surface area (Å²) < 4.78 is 72.0. The average molecular weight is 572 g/mol. The normalized spacial score (nSPS) is 10.6. The highest BCUT2D eigenvalue weighted by Crippen LogP contribution is 2.20. The van der Waals surface area contributed by atoms with Crippen LogP contribution in [0.4, 0.5) is 13.2 Å². The van der Waals surface area contributed by atoms with Gasteiger partial charge in [0, 0.05) is 34.0 Å². The molecule has 0 aliphatic heterocycles. The molecule has 3 aromatic rings. The van der Waals surface area contributed by atoms with Gasteiger partial charge in [0.25, 0.3) is 11.4 Å². The van der Waals surface area contributed by atoms with Gasteiger partial charge in [-0.1, -0.05) is 35.0 Å². The van der Waals surface area contributed by atoms with Crippen LogP contribution in [0, 0.1) is 23.7 Å². The smallest absolute Gasteiger partial charge is 0.485 e. The molecule has 0 saturated carbocycles. The van der Waals surface area contributed by atoms with Crippen LogP contribution in [0.2, 0.25) is 10.0 Å². The molecule has 0 aliphatic rings. The zero-order chi connectivity index (χ0) is 27.5. The molecular weight excluding hydrogens is 554 g/mol. The summed E-state index contributed by atoms with van der Waals surface area (Å²) in [6.45, 7) is 0.568. The third-order valence-corrected chi connectivity index (χ3v) is 5.27. The van der Waals surface area contributed by atoms with Gasteiger partial charge in [0.2, 0.25) is 0 Å². The van der Waals surface area contributed by atoms with Crippen LogP contribution in [-0.4, -0.2) is 31.7 Å². The fourth-order valence-corrected chi connectivity index (χ4v) is 2.64. The Hall–Kier alpha value is -3.41. The number of rotatable bonds is 4. The summed E-state index contributed by atoms with van der Waals surface area (Å²) in [6, 6.07) is 20.2. The van der Waals surface area contributed by atoms with Gasteiger partial charge in [0.05, 0.1) is 0 Å². The Morgan fingerprint density at radius 3 is 1.49 bits per heavy atom. The van der Waals surface area contributed by atoms with Crippen LogP contribution in [0.1, 0.15) is 11.4 Å². The molecule has 37 heavy (non-hydrogen) atoms. The van der Waals surface area contributed by atoms with Gasteiger partial charge in [-0.2, -0.15) is 17.7 Å². The minimum atomic E-state index is -6.09. The molecule has 0 unspecified atom stereocenters. The standard InChI is InChI=1S/C24H18Cl2NO2.CHF3O3S/c1-27-21(7-3-17-28-23-13-9-19(25)10-14-23)5-2-6-22(27)8-4-18-29-24-15-11-20(26)12-16-24;2-1(3,4)8(5,6)7/h2,5-6,9-16H,17-18H2,1H3;(H,5,6,7)/q+1;/p-1. The number of benzene rings is 2. The highest BCUT2D eigenvalue weighted by atomic mass is 35.5. The van der Waals surface area contributed by atoms with Crippen molar-refractivity contribution in [1.29, 1.82) is 0 Å². The second-order valence-electron chi connectivity index (χ2n) is 6.84. The van der Waals surface area contributed by atoms with Crippen LogP contribution in [0.5, 0.6) is 11.5 Å². The summed E-state index contributed by atoms with van der Waals surface area (Å²) >= 11 is 11.7. The lowest BCUT2D eigenvalue weighted by molar-refractivity contribution is -0.676. The Labute approximate surface area is 222 Å². The molecule has 1 heterocycles. The molecule has 1 aromatic heterocycles. The largest absolute Gasteiger partial charge is 0.741 e. The Kier molecular flexibility index (Phi) is 11.1. The molecule has 0 N–H and O–H groups in total. The van der Waals surface area contributed by atoms with Crippen LogP contribution >= 0.6 is 23.2 Å². The van der Waals surface area contributed by atoms with Crippen LogP contribution < -0.4 is 14.0 Å². The summed E-state index contributed by atoms with van der Waals surface area (Å²) in [7, 11) is -4.17. The number of alkyl halides is 3. The number of ether oxygens (including phenoxy) is 2. The van der Waals surface area contributed by atoms with Crippen molar-refractivity contribution in [3.8, 4) is 35.2 Å². The van der Waals surface area contributed by atoms with Gasteiger partial charge in [-0.25, -0.2) is 8.42 Å². The number of nitrogens with zero attached hydrogens (tertiary/aromatic N) is 1. The molecule has 0 fully saturated rings. The first-order valence-corrected chi connectivity index (χ1v) is 12.3. The van der Waals surface area contributed by atoms with Crippen LogP contribution in [-0.2, 0) is 17.2 Å². The van der Waals surface area contributed by atoms with E-state index in [-0.39, 0.29) is 13.2 Å². The van der Waals surface area contributed by atoms with E-state index >= 15 is 0 Å². The third-order valence-electron chi connectivity index (χ3n) is 4.20. The molecule has 0 amide bonds. The van der Waals surface area contributed by atoms with Crippen LogP contribution in [0.3, 0.4) is 0 Å². The van der Waals surface area contributed by atoms with E-state index in [0.717, 1.165) is 22.9 Å². The minimum Gasteiger partial charge on any atom is -0.741 e. The fourth-order valence-electron chi connectivity index (χ4n) is 2.39. The molecule has 0 aliphatic carbocycles. The molecule has 2 aromatic carbocycles. The van der Waals surface area contributed by atoms with Gasteiger partial charge < -0.3 is 14.0 Å². The van der Waals surface area contributed by atoms with Crippen LogP contribution in [0.15, 0.2) is 66.7 Å². The van der Waals surface area contributed by atoms with Crippen molar-refractivity contribution in [1.82, 2.24) is 0 Å². The molecule has 0 atom stereocenters. The number of hydrogen-bond acceptors (Lipinski definition) is 5. The molecule has 0 spiro atoms. The second-order valence-corrected chi connectivity index (χ2v) is 9.09. The van der Waals surface area contributed by atoms with Crippen molar-refractivity contribution in [3.63, 3.8) is 0 Å². The van der Waals surface area contributed by atoms with E-state index in [4.69, 9.17) is 45.6 Å². The van der Waals surface area contributed by atoms with Crippen molar-refractivity contribution in [2.75, 3.05) is 13.2 Å². The SMILES string of the molecule is C[n+]1c(C#CCOc2ccc(Cl)cc2)cccc1C#CCOc1ccc(Cl)cc1.O=S(=O)([O-])C(F)(F)F. The lowest BCUT2D eigenvalue weighted by Gasteiger charge is -2.08. The molecular formula is C25H18Cl2F3NO5S. The maximum Gasteiger partial charge on any atom is 0.485 e. The van der Waals surface area contributed by atoms with E-state index in [1.807, 2.05) is 54.1 Å². The van der Waals surface area contributed by atoms with Gasteiger partial charge in [0.1, 0.15) is 31.8 Å². The zero-order valence-electron chi connectivity index (χ0n) is 19.1. The van der Waals surface area contributed by atoms with Crippen molar-refractivity contribution in [2.24, 2.45) is 7.05 Å². The molecule has 0 radical (unpaired) electrons. The quantitative estimate of drug-likeness (QED) is 0.196. The van der Waals surface area contributed by atoms with E-state index in [9.17, 15) is 13.2 Å². The van der Waals surface area contributed by atoms with Gasteiger partial charge in [-0.3, -0.25) is 0 Å². The second kappa shape index (κ2) is 13.8. The maximum atomic E-state index is 10.7. The first kappa shape index (κ1) is 29.8. The third kappa shape index (κ3) is 10.6. The molecule has 6 nitrogen and oxygen atoms in total. The average Bonchev–Trinajstić information content (AvgIpc) is 2.83. The Balaban J connectivity index is 0.000000521. The summed E-state index contributed by atoms with van der Waals surface area (Å²) in [6.07, 6.45) is 0. The summed E-state index contributed by atoms with van der Waals surface area (Å²) in [4.78, 5) is 0. The highest BCUT2D eigenvalue weighted by Gasteiger charge is 2.36. The zero-order valence-corrected chi connectivity index (χ0v) is 21.4. The Morgan fingerprint density at radius 2 is 1.16 bits per heavy atom. The highest BCUT2D eigenvalue weighted by molar-refractivity contribution is 7.86. The van der Waals surface area contributed by atoms with E-state index in [1.54, 1.807) is 24.3 Å². The van der Waals surface area contributed by atoms with Gasteiger partial charge in [-0.05, 0) is 54.6 Å². The number of halogens is 5. The van der Waals surface area contributed by atoms with E-state index < -0.39 is 15.6 Å². The van der Waals surface area contributed by atoms with Crippen molar-refractivity contribution >= 4 is 33.3 Å². The number of hydrogen-bond donors (Lipinski definition) is 0. The first-order chi connectivity index (χ1) is 17.4. The van der Waals surface area contributed by atoms with Crippen molar-refractivity contribution in [3.05, 3.63) is 88.2 Å². The first-order valence-electron chi connectivity index (χ1n) is 10.1. The van der Waals surface area contributed by atoms with Crippen molar-refractivity contribution < 1.29 is 40.2 Å². The number of aromatic nitrogens is 1. The van der Waals surface area contributed by atoms with E-state index in [2.05, 4.69) is 23.7 Å². The van der Waals surface area contributed by atoms with Gasteiger partial charge >= 0.3 is 5.51 Å². The topological polar surface area (TPSA) is 79.5 Å².